The molecule has 0 radical (unpaired) electrons. The van der Waals surface area contributed by atoms with Crippen molar-refractivity contribution in [3.05, 3.63) is 57.3 Å². The number of hydrogen-bond donors (Lipinski definition) is 1. The minimum atomic E-state index is -0.397. The summed E-state index contributed by atoms with van der Waals surface area (Å²) in [6.45, 7) is 1.74. The molecule has 1 amide bonds. The Morgan fingerprint density at radius 1 is 1.24 bits per heavy atom. The average molecular weight is 357 g/mol. The lowest BCUT2D eigenvalue weighted by Crippen LogP contribution is -2.36. The molecule has 5 heteroatoms. The van der Waals surface area contributed by atoms with E-state index in [4.69, 9.17) is 4.74 Å². The van der Waals surface area contributed by atoms with E-state index in [0.29, 0.717) is 4.88 Å². The minimum Gasteiger partial charge on any atom is -0.451 e. The third-order valence-electron chi connectivity index (χ3n) is 4.40. The first-order valence-electron chi connectivity index (χ1n) is 8.74. The molecule has 1 aromatic heterocycles. The molecule has 1 atom stereocenters. The molecule has 1 unspecified atom stereocenters. The molecule has 0 spiro atoms. The lowest BCUT2D eigenvalue weighted by Gasteiger charge is -2.13. The summed E-state index contributed by atoms with van der Waals surface area (Å²) in [5.74, 6) is -0.649. The smallest absolute Gasteiger partial charge is 0.348 e. The molecule has 0 fully saturated rings. The van der Waals surface area contributed by atoms with Crippen LogP contribution in [0.1, 0.15) is 45.4 Å². The van der Waals surface area contributed by atoms with Crippen LogP contribution in [0.5, 0.6) is 0 Å². The monoisotopic (exact) mass is 357 g/mol. The quantitative estimate of drug-likeness (QED) is 0.771. The number of benzene rings is 1. The summed E-state index contributed by atoms with van der Waals surface area (Å²) >= 11 is 1.50. The van der Waals surface area contributed by atoms with E-state index in [0.717, 1.165) is 25.7 Å². The fourth-order valence-corrected chi connectivity index (χ4v) is 4.20. The van der Waals surface area contributed by atoms with Crippen LogP contribution >= 0.6 is 11.3 Å². The van der Waals surface area contributed by atoms with Crippen molar-refractivity contribution in [2.24, 2.45) is 0 Å². The van der Waals surface area contributed by atoms with Crippen molar-refractivity contribution in [2.45, 2.75) is 45.1 Å². The third kappa shape index (κ3) is 4.92. The van der Waals surface area contributed by atoms with Crippen molar-refractivity contribution in [3.63, 3.8) is 0 Å². The summed E-state index contributed by atoms with van der Waals surface area (Å²) in [7, 11) is 0. The van der Waals surface area contributed by atoms with Crippen LogP contribution in [0.2, 0.25) is 0 Å². The van der Waals surface area contributed by atoms with E-state index in [2.05, 4.69) is 17.4 Å². The van der Waals surface area contributed by atoms with Crippen molar-refractivity contribution in [1.82, 2.24) is 5.32 Å². The number of ether oxygens (including phenoxy) is 1. The maximum atomic E-state index is 12.1. The fourth-order valence-electron chi connectivity index (χ4n) is 3.05. The van der Waals surface area contributed by atoms with Gasteiger partial charge in [0.15, 0.2) is 6.61 Å². The maximum absolute atomic E-state index is 12.1. The lowest BCUT2D eigenvalue weighted by molar-refractivity contribution is -0.124. The maximum Gasteiger partial charge on any atom is 0.348 e. The Hall–Kier alpha value is -2.14. The fraction of sp³-hybridized carbons (Fsp3) is 0.400. The molecule has 1 aromatic carbocycles. The van der Waals surface area contributed by atoms with Gasteiger partial charge in [0.05, 0.1) is 0 Å². The van der Waals surface area contributed by atoms with Crippen LogP contribution in [0.4, 0.5) is 0 Å². The Bertz CT molecular complexity index is 717. The van der Waals surface area contributed by atoms with Crippen LogP contribution in [0.3, 0.4) is 0 Å². The standard InChI is InChI=1S/C20H23NO3S/c1-14(10-11-15-6-3-2-4-7-15)21-19(22)13-24-20(23)18-12-16-8-5-9-17(16)25-18/h2-4,6-7,12,14H,5,8-11,13H2,1H3,(H,21,22). The third-order valence-corrected chi connectivity index (χ3v) is 5.62. The number of carbonyl (C=O) groups is 2. The molecule has 1 N–H and O–H groups in total. The topological polar surface area (TPSA) is 55.4 Å². The first-order chi connectivity index (χ1) is 12.1. The number of esters is 1. The van der Waals surface area contributed by atoms with Gasteiger partial charge in [-0.3, -0.25) is 4.79 Å². The van der Waals surface area contributed by atoms with Crippen molar-refractivity contribution >= 4 is 23.2 Å². The van der Waals surface area contributed by atoms with Gasteiger partial charge >= 0.3 is 5.97 Å². The van der Waals surface area contributed by atoms with Crippen LogP contribution in [-0.2, 0) is 28.8 Å². The normalized spacial score (nSPS) is 14.0. The zero-order chi connectivity index (χ0) is 17.6. The summed E-state index contributed by atoms with van der Waals surface area (Å²) < 4.78 is 5.15. The van der Waals surface area contributed by atoms with Crippen LogP contribution < -0.4 is 5.32 Å². The van der Waals surface area contributed by atoms with Crippen LogP contribution in [0.15, 0.2) is 36.4 Å². The number of fused-ring (bicyclic) bond motifs is 1. The van der Waals surface area contributed by atoms with Crippen LogP contribution in [-0.4, -0.2) is 24.5 Å². The van der Waals surface area contributed by atoms with Gasteiger partial charge in [-0.15, -0.1) is 11.3 Å². The molecular formula is C20H23NO3S. The highest BCUT2D eigenvalue weighted by atomic mass is 32.1. The molecule has 1 heterocycles. The molecule has 1 aliphatic rings. The molecule has 4 nitrogen and oxygen atoms in total. The van der Waals surface area contributed by atoms with Gasteiger partial charge in [0.2, 0.25) is 0 Å². The predicted octanol–water partition coefficient (Wildman–Crippen LogP) is 3.53. The first kappa shape index (κ1) is 17.7. The van der Waals surface area contributed by atoms with Gasteiger partial charge in [-0.2, -0.15) is 0 Å². The Morgan fingerprint density at radius 2 is 2.04 bits per heavy atom. The Morgan fingerprint density at radius 3 is 2.80 bits per heavy atom. The molecule has 0 saturated heterocycles. The van der Waals surface area contributed by atoms with E-state index in [1.165, 1.54) is 33.8 Å². The Labute approximate surface area is 152 Å². The lowest BCUT2D eigenvalue weighted by atomic mass is 10.1. The van der Waals surface area contributed by atoms with E-state index >= 15 is 0 Å². The summed E-state index contributed by atoms with van der Waals surface area (Å²) in [5, 5.41) is 2.88. The zero-order valence-electron chi connectivity index (χ0n) is 14.4. The van der Waals surface area contributed by atoms with Crippen molar-refractivity contribution < 1.29 is 14.3 Å². The first-order valence-corrected chi connectivity index (χ1v) is 9.55. The molecule has 3 rings (SSSR count). The van der Waals surface area contributed by atoms with E-state index in [-0.39, 0.29) is 18.6 Å². The molecule has 2 aromatic rings. The molecule has 1 aliphatic carbocycles. The number of hydrogen-bond acceptors (Lipinski definition) is 4. The second kappa shape index (κ2) is 8.30. The second-order valence-corrected chi connectivity index (χ2v) is 7.62. The predicted molar refractivity (Wildman–Crippen MR) is 99.0 cm³/mol. The summed E-state index contributed by atoms with van der Waals surface area (Å²) in [6.07, 6.45) is 5.01. The van der Waals surface area contributed by atoms with Gasteiger partial charge in [0, 0.05) is 10.9 Å². The highest BCUT2D eigenvalue weighted by molar-refractivity contribution is 7.14. The van der Waals surface area contributed by atoms with Crippen molar-refractivity contribution in [2.75, 3.05) is 6.61 Å². The molecule has 0 saturated carbocycles. The Balaban J connectivity index is 1.39. The van der Waals surface area contributed by atoms with Crippen LogP contribution in [0, 0.1) is 0 Å². The van der Waals surface area contributed by atoms with Gasteiger partial charge in [0.1, 0.15) is 4.88 Å². The van der Waals surface area contributed by atoms with Crippen molar-refractivity contribution in [1.29, 1.82) is 0 Å². The number of rotatable bonds is 7. The van der Waals surface area contributed by atoms with E-state index in [1.807, 2.05) is 31.2 Å². The van der Waals surface area contributed by atoms with Gasteiger partial charge in [-0.1, -0.05) is 30.3 Å². The van der Waals surface area contributed by atoms with Gasteiger partial charge in [-0.25, -0.2) is 4.79 Å². The molecule has 25 heavy (non-hydrogen) atoms. The number of carbonyl (C=O) groups excluding carboxylic acids is 2. The highest BCUT2D eigenvalue weighted by Crippen LogP contribution is 2.30. The molecule has 0 bridgehead atoms. The minimum absolute atomic E-state index is 0.0388. The Kier molecular flexibility index (Phi) is 5.87. The average Bonchev–Trinajstić information content (AvgIpc) is 3.21. The van der Waals surface area contributed by atoms with Crippen molar-refractivity contribution in [3.8, 4) is 0 Å². The molecular weight excluding hydrogens is 334 g/mol. The van der Waals surface area contributed by atoms with Gasteiger partial charge < -0.3 is 10.1 Å². The van der Waals surface area contributed by atoms with Crippen LogP contribution in [0.25, 0.3) is 0 Å². The van der Waals surface area contributed by atoms with E-state index in [9.17, 15) is 9.59 Å². The van der Waals surface area contributed by atoms with Gasteiger partial charge in [-0.05, 0) is 56.2 Å². The van der Waals surface area contributed by atoms with E-state index in [1.54, 1.807) is 0 Å². The molecule has 0 aliphatic heterocycles. The highest BCUT2D eigenvalue weighted by Gasteiger charge is 2.20. The largest absolute Gasteiger partial charge is 0.451 e. The summed E-state index contributed by atoms with van der Waals surface area (Å²) in [4.78, 5) is 25.9. The van der Waals surface area contributed by atoms with Gasteiger partial charge in [0.25, 0.3) is 5.91 Å². The second-order valence-electron chi connectivity index (χ2n) is 6.48. The number of aryl methyl sites for hydroxylation is 3. The SMILES string of the molecule is CC(CCc1ccccc1)NC(=O)COC(=O)c1cc2c(s1)CCC2. The molecule has 132 valence electrons. The number of amides is 1. The summed E-state index contributed by atoms with van der Waals surface area (Å²) in [6, 6.07) is 12.1. The number of thiophene rings is 1. The van der Waals surface area contributed by atoms with E-state index < -0.39 is 5.97 Å². The zero-order valence-corrected chi connectivity index (χ0v) is 15.2. The summed E-state index contributed by atoms with van der Waals surface area (Å²) in [5.41, 5.74) is 2.51. The number of nitrogens with one attached hydrogen (secondary N) is 1.